The Labute approximate surface area is 132 Å². The molecule has 1 aliphatic rings. The Morgan fingerprint density at radius 2 is 2.00 bits per heavy atom. The molecule has 2 aromatic carbocycles. The fraction of sp³-hybridized carbons (Fsp3) is 0.176. The molecule has 0 aliphatic carbocycles. The number of carbonyl (C=O) groups is 2. The number of nitrogens with one attached hydrogen (secondary N) is 1. The molecule has 0 radical (unpaired) electrons. The Morgan fingerprint density at radius 3 is 2.83 bits per heavy atom. The van der Waals surface area contributed by atoms with Gasteiger partial charge in [-0.15, -0.1) is 0 Å². The average Bonchev–Trinajstić information content (AvgIpc) is 2.53. The normalized spacial score (nSPS) is 13.0. The van der Waals surface area contributed by atoms with Crippen LogP contribution in [-0.4, -0.2) is 18.5 Å². The van der Waals surface area contributed by atoms with Crippen molar-refractivity contribution in [1.29, 1.82) is 0 Å². The second kappa shape index (κ2) is 6.48. The van der Waals surface area contributed by atoms with Crippen molar-refractivity contribution in [2.75, 3.05) is 11.9 Å². The molecule has 3 rings (SSSR count). The van der Waals surface area contributed by atoms with Crippen molar-refractivity contribution in [2.45, 2.75) is 12.8 Å². The van der Waals surface area contributed by atoms with E-state index in [4.69, 9.17) is 9.47 Å². The number of carbonyl (C=O) groups excluding carboxylic acids is 2. The predicted molar refractivity (Wildman–Crippen MR) is 80.9 cm³/mol. The predicted octanol–water partition coefficient (Wildman–Crippen LogP) is 2.69. The summed E-state index contributed by atoms with van der Waals surface area (Å²) in [5.41, 5.74) is 1.65. The Bertz CT molecular complexity index is 760. The SMILES string of the molecule is O=C1CCc2cc(OC(=O)COc3cccc(F)c3)ccc2N1. The number of fused-ring (bicyclic) bond motifs is 1. The molecule has 0 saturated carbocycles. The second-order valence-corrected chi connectivity index (χ2v) is 5.09. The minimum absolute atomic E-state index is 0.0225. The average molecular weight is 315 g/mol. The zero-order valence-corrected chi connectivity index (χ0v) is 12.2. The van der Waals surface area contributed by atoms with Crippen LogP contribution in [0.2, 0.25) is 0 Å². The molecule has 1 amide bonds. The first kappa shape index (κ1) is 15.0. The molecule has 0 saturated heterocycles. The number of ether oxygens (including phenoxy) is 2. The minimum Gasteiger partial charge on any atom is -0.482 e. The van der Waals surface area contributed by atoms with Gasteiger partial charge in [0.25, 0.3) is 0 Å². The number of esters is 1. The minimum atomic E-state index is -0.589. The lowest BCUT2D eigenvalue weighted by molar-refractivity contribution is -0.136. The molecule has 0 bridgehead atoms. The zero-order valence-electron chi connectivity index (χ0n) is 12.2. The van der Waals surface area contributed by atoms with E-state index in [0.717, 1.165) is 11.3 Å². The zero-order chi connectivity index (χ0) is 16.2. The molecule has 0 spiro atoms. The van der Waals surface area contributed by atoms with Gasteiger partial charge in [-0.3, -0.25) is 4.79 Å². The quantitative estimate of drug-likeness (QED) is 0.696. The van der Waals surface area contributed by atoms with E-state index in [1.54, 1.807) is 24.3 Å². The molecule has 118 valence electrons. The molecule has 6 heteroatoms. The highest BCUT2D eigenvalue weighted by Gasteiger charge is 2.16. The van der Waals surface area contributed by atoms with Crippen LogP contribution in [0.5, 0.6) is 11.5 Å². The molecule has 2 aromatic rings. The van der Waals surface area contributed by atoms with Crippen LogP contribution in [0.25, 0.3) is 0 Å². The van der Waals surface area contributed by atoms with E-state index in [0.29, 0.717) is 18.6 Å². The van der Waals surface area contributed by atoms with E-state index in [2.05, 4.69) is 5.32 Å². The number of halogens is 1. The van der Waals surface area contributed by atoms with Crippen LogP contribution in [0.15, 0.2) is 42.5 Å². The molecular formula is C17H14FNO4. The van der Waals surface area contributed by atoms with Crippen molar-refractivity contribution >= 4 is 17.6 Å². The third kappa shape index (κ3) is 3.85. The Morgan fingerprint density at radius 1 is 1.13 bits per heavy atom. The molecule has 0 unspecified atom stereocenters. The highest BCUT2D eigenvalue weighted by Crippen LogP contribution is 2.26. The van der Waals surface area contributed by atoms with Crippen LogP contribution < -0.4 is 14.8 Å². The van der Waals surface area contributed by atoms with Crippen molar-refractivity contribution in [3.63, 3.8) is 0 Å². The van der Waals surface area contributed by atoms with E-state index in [-0.39, 0.29) is 18.3 Å². The Kier molecular flexibility index (Phi) is 4.23. The Hall–Kier alpha value is -2.89. The van der Waals surface area contributed by atoms with Gasteiger partial charge in [-0.05, 0) is 42.3 Å². The molecular weight excluding hydrogens is 301 g/mol. The van der Waals surface area contributed by atoms with Crippen molar-refractivity contribution in [3.05, 3.63) is 53.8 Å². The van der Waals surface area contributed by atoms with Gasteiger partial charge >= 0.3 is 5.97 Å². The van der Waals surface area contributed by atoms with Crippen LogP contribution in [0, 0.1) is 5.82 Å². The van der Waals surface area contributed by atoms with E-state index >= 15 is 0 Å². The molecule has 0 atom stereocenters. The highest BCUT2D eigenvalue weighted by atomic mass is 19.1. The van der Waals surface area contributed by atoms with Gasteiger partial charge in [-0.1, -0.05) is 6.07 Å². The van der Waals surface area contributed by atoms with Crippen molar-refractivity contribution in [2.24, 2.45) is 0 Å². The van der Waals surface area contributed by atoms with Crippen LogP contribution in [0.3, 0.4) is 0 Å². The van der Waals surface area contributed by atoms with Gasteiger partial charge in [0.1, 0.15) is 17.3 Å². The summed E-state index contributed by atoms with van der Waals surface area (Å²) in [6.45, 7) is -0.322. The summed E-state index contributed by atoms with van der Waals surface area (Å²) < 4.78 is 23.4. The number of aryl methyl sites for hydroxylation is 1. The van der Waals surface area contributed by atoms with Gasteiger partial charge in [0.15, 0.2) is 6.61 Å². The second-order valence-electron chi connectivity index (χ2n) is 5.09. The lowest BCUT2D eigenvalue weighted by atomic mass is 10.0. The summed E-state index contributed by atoms with van der Waals surface area (Å²) in [6.07, 6.45) is 1.01. The first-order chi connectivity index (χ1) is 11.1. The highest BCUT2D eigenvalue weighted by molar-refractivity contribution is 5.94. The number of amides is 1. The van der Waals surface area contributed by atoms with Gasteiger partial charge in [-0.2, -0.15) is 0 Å². The number of hydrogen-bond acceptors (Lipinski definition) is 4. The van der Waals surface area contributed by atoms with E-state index in [1.807, 2.05) is 0 Å². The van der Waals surface area contributed by atoms with Gasteiger partial charge < -0.3 is 14.8 Å². The lowest BCUT2D eigenvalue weighted by Gasteiger charge is -2.17. The topological polar surface area (TPSA) is 64.6 Å². The van der Waals surface area contributed by atoms with Gasteiger partial charge in [0.05, 0.1) is 0 Å². The molecule has 23 heavy (non-hydrogen) atoms. The summed E-state index contributed by atoms with van der Waals surface area (Å²) in [7, 11) is 0. The first-order valence-corrected chi connectivity index (χ1v) is 7.12. The van der Waals surface area contributed by atoms with Gasteiger partial charge in [-0.25, -0.2) is 9.18 Å². The summed E-state index contributed by atoms with van der Waals surface area (Å²) in [5.74, 6) is -0.407. The summed E-state index contributed by atoms with van der Waals surface area (Å²) >= 11 is 0. The number of hydrogen-bond donors (Lipinski definition) is 1. The van der Waals surface area contributed by atoms with E-state index < -0.39 is 11.8 Å². The molecule has 0 aromatic heterocycles. The maximum atomic E-state index is 13.0. The summed E-state index contributed by atoms with van der Waals surface area (Å²) in [6, 6.07) is 10.5. The smallest absolute Gasteiger partial charge is 0.349 e. The number of benzene rings is 2. The maximum absolute atomic E-state index is 13.0. The van der Waals surface area contributed by atoms with Crippen LogP contribution in [-0.2, 0) is 16.0 Å². The largest absolute Gasteiger partial charge is 0.482 e. The molecule has 0 fully saturated rings. The van der Waals surface area contributed by atoms with Crippen molar-refractivity contribution < 1.29 is 23.5 Å². The number of anilines is 1. The fourth-order valence-electron chi connectivity index (χ4n) is 2.28. The third-order valence-corrected chi connectivity index (χ3v) is 3.36. The molecule has 1 heterocycles. The molecule has 1 aliphatic heterocycles. The van der Waals surface area contributed by atoms with Crippen LogP contribution in [0.1, 0.15) is 12.0 Å². The summed E-state index contributed by atoms with van der Waals surface area (Å²) in [4.78, 5) is 23.1. The van der Waals surface area contributed by atoms with Crippen LogP contribution >= 0.6 is 0 Å². The van der Waals surface area contributed by atoms with E-state index in [9.17, 15) is 14.0 Å². The molecule has 1 N–H and O–H groups in total. The van der Waals surface area contributed by atoms with Crippen LogP contribution in [0.4, 0.5) is 10.1 Å². The summed E-state index contributed by atoms with van der Waals surface area (Å²) in [5, 5.41) is 2.75. The van der Waals surface area contributed by atoms with Crippen molar-refractivity contribution in [1.82, 2.24) is 0 Å². The monoisotopic (exact) mass is 315 g/mol. The van der Waals surface area contributed by atoms with Crippen molar-refractivity contribution in [3.8, 4) is 11.5 Å². The maximum Gasteiger partial charge on any atom is 0.349 e. The van der Waals surface area contributed by atoms with Gasteiger partial charge in [0.2, 0.25) is 5.91 Å². The lowest BCUT2D eigenvalue weighted by Crippen LogP contribution is -2.20. The number of rotatable bonds is 4. The standard InChI is InChI=1S/C17H14FNO4/c18-12-2-1-3-13(9-12)22-10-17(21)23-14-5-6-15-11(8-14)4-7-16(20)19-15/h1-3,5-6,8-9H,4,7,10H2,(H,19,20). The Balaban J connectivity index is 1.59. The van der Waals surface area contributed by atoms with E-state index in [1.165, 1.54) is 18.2 Å². The molecule has 5 nitrogen and oxygen atoms in total. The fourth-order valence-corrected chi connectivity index (χ4v) is 2.28. The van der Waals surface area contributed by atoms with Gasteiger partial charge in [0, 0.05) is 18.2 Å². The third-order valence-electron chi connectivity index (χ3n) is 3.36. The first-order valence-electron chi connectivity index (χ1n) is 7.12.